The summed E-state index contributed by atoms with van der Waals surface area (Å²) < 4.78 is 0. The van der Waals surface area contributed by atoms with Gasteiger partial charge in [-0.1, -0.05) is 42.5 Å². The van der Waals surface area contributed by atoms with Crippen molar-refractivity contribution in [3.05, 3.63) is 65.7 Å². The second-order valence-electron chi connectivity index (χ2n) is 9.31. The third-order valence-corrected chi connectivity index (χ3v) is 5.95. The summed E-state index contributed by atoms with van der Waals surface area (Å²) in [6, 6.07) is 10.7. The van der Waals surface area contributed by atoms with Gasteiger partial charge in [0.25, 0.3) is 0 Å². The topological polar surface area (TPSA) is 235 Å². The van der Waals surface area contributed by atoms with Crippen LogP contribution >= 0.6 is 0 Å². The lowest BCUT2D eigenvalue weighted by molar-refractivity contribution is -0.141. The quantitative estimate of drug-likeness (QED) is 0.0772. The molecule has 2 aromatic rings. The number of aliphatic carboxylic acids is 1. The number of guanidine groups is 1. The molecular formula is C27H37N7O6. The van der Waals surface area contributed by atoms with Crippen LogP contribution in [-0.2, 0) is 32.0 Å². The van der Waals surface area contributed by atoms with Crippen LogP contribution in [0.3, 0.4) is 0 Å². The van der Waals surface area contributed by atoms with Crippen LogP contribution in [0.4, 0.5) is 0 Å². The van der Waals surface area contributed by atoms with Crippen molar-refractivity contribution in [1.29, 1.82) is 0 Å². The molecule has 0 radical (unpaired) electrons. The molecule has 2 rings (SSSR count). The second-order valence-corrected chi connectivity index (χ2v) is 9.31. The number of phenols is 1. The summed E-state index contributed by atoms with van der Waals surface area (Å²) in [4.78, 5) is 54.4. The predicted octanol–water partition coefficient (Wildman–Crippen LogP) is -0.883. The number of nitrogens with two attached hydrogens (primary N) is 3. The standard InChI is InChI=1S/C27H37N7O6/c1-16(26(39)40)32-25(38)22(15-18-9-11-19(35)12-10-18)34-24(37)21(8-5-13-31-27(29)30)33-23(36)20(28)14-17-6-3-2-4-7-17/h2-4,6-7,9-12,16,20-22,35H,5,8,13-15,28H2,1H3,(H,32,38)(H,33,36)(H,34,37)(H,39,40)(H4,29,30,31). The van der Waals surface area contributed by atoms with Gasteiger partial charge in [-0.25, -0.2) is 0 Å². The molecule has 0 saturated heterocycles. The molecule has 4 unspecified atom stereocenters. The highest BCUT2D eigenvalue weighted by Crippen LogP contribution is 2.12. The molecule has 13 heteroatoms. The molecule has 4 atom stereocenters. The van der Waals surface area contributed by atoms with Crippen molar-refractivity contribution in [1.82, 2.24) is 16.0 Å². The van der Waals surface area contributed by atoms with Gasteiger partial charge in [-0.05, 0) is 49.4 Å². The van der Waals surface area contributed by atoms with Crippen molar-refractivity contribution in [2.24, 2.45) is 22.2 Å². The van der Waals surface area contributed by atoms with Crippen LogP contribution in [0.5, 0.6) is 5.75 Å². The van der Waals surface area contributed by atoms with Crippen molar-refractivity contribution in [3.63, 3.8) is 0 Å². The highest BCUT2D eigenvalue weighted by Gasteiger charge is 2.29. The average Bonchev–Trinajstić information content (AvgIpc) is 2.91. The molecule has 0 aliphatic rings. The lowest BCUT2D eigenvalue weighted by Gasteiger charge is -2.25. The number of carboxylic acid groups (broad SMARTS) is 1. The predicted molar refractivity (Wildman–Crippen MR) is 149 cm³/mol. The molecular weight excluding hydrogens is 518 g/mol. The van der Waals surface area contributed by atoms with Crippen molar-refractivity contribution >= 4 is 29.7 Å². The number of benzene rings is 2. The molecule has 2 aromatic carbocycles. The molecule has 0 aliphatic carbocycles. The number of nitrogens with zero attached hydrogens (tertiary/aromatic N) is 1. The molecule has 0 aromatic heterocycles. The van der Waals surface area contributed by atoms with Gasteiger partial charge < -0.3 is 43.4 Å². The first-order valence-corrected chi connectivity index (χ1v) is 12.7. The summed E-state index contributed by atoms with van der Waals surface area (Å²) in [5, 5.41) is 26.4. The largest absolute Gasteiger partial charge is 0.508 e. The van der Waals surface area contributed by atoms with E-state index in [2.05, 4.69) is 20.9 Å². The average molecular weight is 556 g/mol. The van der Waals surface area contributed by atoms with Crippen LogP contribution < -0.4 is 33.2 Å². The van der Waals surface area contributed by atoms with E-state index in [-0.39, 0.29) is 37.5 Å². The molecule has 11 N–H and O–H groups in total. The minimum Gasteiger partial charge on any atom is -0.508 e. The Bertz CT molecular complexity index is 1170. The Morgan fingerprint density at radius 1 is 0.825 bits per heavy atom. The van der Waals surface area contributed by atoms with Gasteiger partial charge in [-0.3, -0.25) is 24.2 Å². The number of phenolic OH excluding ortho intramolecular Hbond substituents is 1. The van der Waals surface area contributed by atoms with Gasteiger partial charge in [0.05, 0.1) is 6.04 Å². The zero-order chi connectivity index (χ0) is 29.7. The maximum atomic E-state index is 13.4. The summed E-state index contributed by atoms with van der Waals surface area (Å²) in [7, 11) is 0. The fraction of sp³-hybridized carbons (Fsp3) is 0.370. The van der Waals surface area contributed by atoms with Crippen molar-refractivity contribution in [3.8, 4) is 5.75 Å². The smallest absolute Gasteiger partial charge is 0.325 e. The van der Waals surface area contributed by atoms with Crippen LogP contribution in [0, 0.1) is 0 Å². The van der Waals surface area contributed by atoms with E-state index in [0.29, 0.717) is 12.0 Å². The summed E-state index contributed by atoms with van der Waals surface area (Å²) in [5.74, 6) is -3.32. The second kappa shape index (κ2) is 15.7. The lowest BCUT2D eigenvalue weighted by atomic mass is 10.0. The van der Waals surface area contributed by atoms with Gasteiger partial charge in [-0.15, -0.1) is 0 Å². The van der Waals surface area contributed by atoms with Gasteiger partial charge in [0.1, 0.15) is 23.9 Å². The zero-order valence-corrected chi connectivity index (χ0v) is 22.2. The Hall–Kier alpha value is -4.65. The van der Waals surface area contributed by atoms with Crippen LogP contribution in [-0.4, -0.2) is 70.6 Å². The number of rotatable bonds is 15. The number of aromatic hydroxyl groups is 1. The number of carbonyl (C=O) groups is 4. The van der Waals surface area contributed by atoms with E-state index >= 15 is 0 Å². The number of nitrogens with one attached hydrogen (secondary N) is 3. The molecule has 3 amide bonds. The fourth-order valence-electron chi connectivity index (χ4n) is 3.74. The van der Waals surface area contributed by atoms with Gasteiger partial charge in [0.2, 0.25) is 17.7 Å². The molecule has 0 fully saturated rings. The summed E-state index contributed by atoms with van der Waals surface area (Å²) in [6.07, 6.45) is 0.695. The van der Waals surface area contributed by atoms with E-state index in [1.54, 1.807) is 12.1 Å². The first kappa shape index (κ1) is 31.6. The van der Waals surface area contributed by atoms with Gasteiger partial charge >= 0.3 is 5.97 Å². The summed E-state index contributed by atoms with van der Waals surface area (Å²) in [6.45, 7) is 1.49. The van der Waals surface area contributed by atoms with Crippen LogP contribution in [0.15, 0.2) is 59.6 Å². The number of amides is 3. The van der Waals surface area contributed by atoms with Crippen LogP contribution in [0.2, 0.25) is 0 Å². The minimum absolute atomic E-state index is 0.00756. The molecule has 216 valence electrons. The molecule has 13 nitrogen and oxygen atoms in total. The van der Waals surface area contributed by atoms with Gasteiger partial charge in [-0.2, -0.15) is 0 Å². The monoisotopic (exact) mass is 555 g/mol. The maximum Gasteiger partial charge on any atom is 0.325 e. The Labute approximate surface area is 232 Å². The number of hydrogen-bond donors (Lipinski definition) is 8. The van der Waals surface area contributed by atoms with Crippen molar-refractivity contribution < 1.29 is 29.4 Å². The lowest BCUT2D eigenvalue weighted by Crippen LogP contribution is -2.57. The van der Waals surface area contributed by atoms with E-state index in [9.17, 15) is 29.4 Å². The normalized spacial score (nSPS) is 13.7. The Morgan fingerprint density at radius 2 is 1.40 bits per heavy atom. The highest BCUT2D eigenvalue weighted by molar-refractivity contribution is 5.94. The van der Waals surface area contributed by atoms with Gasteiger partial charge in [0.15, 0.2) is 5.96 Å². The summed E-state index contributed by atoms with van der Waals surface area (Å²) in [5.41, 5.74) is 18.3. The number of carboxylic acids is 1. The fourth-order valence-corrected chi connectivity index (χ4v) is 3.74. The molecule has 0 heterocycles. The Morgan fingerprint density at radius 3 is 2.00 bits per heavy atom. The Balaban J connectivity index is 2.21. The molecule has 0 spiro atoms. The highest BCUT2D eigenvalue weighted by atomic mass is 16.4. The Kier molecular flexibility index (Phi) is 12.4. The molecule has 0 aliphatic heterocycles. The van der Waals surface area contributed by atoms with E-state index in [0.717, 1.165) is 5.56 Å². The van der Waals surface area contributed by atoms with Gasteiger partial charge in [0, 0.05) is 13.0 Å². The number of aliphatic imine (C=N–C) groups is 1. The van der Waals surface area contributed by atoms with Crippen molar-refractivity contribution in [2.45, 2.75) is 56.8 Å². The van der Waals surface area contributed by atoms with Crippen molar-refractivity contribution in [2.75, 3.05) is 6.54 Å². The zero-order valence-electron chi connectivity index (χ0n) is 22.2. The molecule has 0 saturated carbocycles. The van der Waals surface area contributed by atoms with E-state index in [4.69, 9.17) is 17.2 Å². The van der Waals surface area contributed by atoms with E-state index in [1.807, 2.05) is 30.3 Å². The van der Waals surface area contributed by atoms with Crippen LogP contribution in [0.25, 0.3) is 0 Å². The first-order chi connectivity index (χ1) is 19.0. The maximum absolute atomic E-state index is 13.4. The van der Waals surface area contributed by atoms with E-state index in [1.165, 1.54) is 19.1 Å². The van der Waals surface area contributed by atoms with Crippen LogP contribution in [0.1, 0.15) is 30.9 Å². The number of hydrogen-bond acceptors (Lipinski definition) is 7. The molecule has 40 heavy (non-hydrogen) atoms. The molecule has 0 bridgehead atoms. The SMILES string of the molecule is CC(NC(=O)C(Cc1ccc(O)cc1)NC(=O)C(CCCN=C(N)N)NC(=O)C(N)Cc1ccccc1)C(=O)O. The third kappa shape index (κ3) is 11.0. The summed E-state index contributed by atoms with van der Waals surface area (Å²) >= 11 is 0. The van der Waals surface area contributed by atoms with E-state index < -0.39 is 47.9 Å². The first-order valence-electron chi connectivity index (χ1n) is 12.7. The number of carbonyl (C=O) groups excluding carboxylic acids is 3. The minimum atomic E-state index is -1.25. The third-order valence-electron chi connectivity index (χ3n) is 5.95.